The summed E-state index contributed by atoms with van der Waals surface area (Å²) in [6.45, 7) is 7.38. The molecule has 1 atom stereocenters. The van der Waals surface area contributed by atoms with E-state index in [0.717, 1.165) is 42.6 Å². The van der Waals surface area contributed by atoms with Crippen molar-refractivity contribution >= 4 is 10.8 Å². The predicted molar refractivity (Wildman–Crippen MR) is 83.2 cm³/mol. The van der Waals surface area contributed by atoms with Crippen LogP contribution in [0.2, 0.25) is 0 Å². The number of rotatable bonds is 3. The molecule has 1 saturated heterocycles. The lowest BCUT2D eigenvalue weighted by atomic mass is 9.87. The van der Waals surface area contributed by atoms with Crippen LogP contribution in [0.1, 0.15) is 25.5 Å². The second-order valence-corrected chi connectivity index (χ2v) is 6.10. The molecule has 0 aliphatic carbocycles. The Morgan fingerprint density at radius 2 is 2.00 bits per heavy atom. The van der Waals surface area contributed by atoms with E-state index < -0.39 is 6.10 Å². The first-order valence-electron chi connectivity index (χ1n) is 7.44. The summed E-state index contributed by atoms with van der Waals surface area (Å²) in [5, 5.41) is 13.1. The van der Waals surface area contributed by atoms with Crippen LogP contribution in [0.25, 0.3) is 10.8 Å². The lowest BCUT2D eigenvalue weighted by Gasteiger charge is -2.44. The van der Waals surface area contributed by atoms with Crippen molar-refractivity contribution in [1.82, 2.24) is 9.88 Å². The fraction of sp³-hybridized carbons (Fsp3) is 0.471. The number of benzene rings is 1. The third-order valence-electron chi connectivity index (χ3n) is 4.50. The Kier molecular flexibility index (Phi) is 3.93. The molecular weight excluding hydrogens is 264 g/mol. The Bertz CT molecular complexity index is 616. The van der Waals surface area contributed by atoms with Crippen molar-refractivity contribution in [2.24, 2.45) is 0 Å². The van der Waals surface area contributed by atoms with Gasteiger partial charge in [0.25, 0.3) is 0 Å². The van der Waals surface area contributed by atoms with E-state index in [1.165, 1.54) is 0 Å². The second-order valence-electron chi connectivity index (χ2n) is 6.10. The van der Waals surface area contributed by atoms with Gasteiger partial charge in [-0.1, -0.05) is 18.2 Å². The third-order valence-corrected chi connectivity index (χ3v) is 4.50. The van der Waals surface area contributed by atoms with E-state index >= 15 is 0 Å². The van der Waals surface area contributed by atoms with E-state index in [1.54, 1.807) is 6.20 Å². The zero-order chi connectivity index (χ0) is 14.9. The maximum Gasteiger partial charge on any atom is 0.0974 e. The molecule has 2 heterocycles. The van der Waals surface area contributed by atoms with Crippen LogP contribution in [0.3, 0.4) is 0 Å². The first kappa shape index (κ1) is 14.4. The number of morpholine rings is 1. The topological polar surface area (TPSA) is 45.6 Å². The molecule has 1 fully saturated rings. The van der Waals surface area contributed by atoms with Gasteiger partial charge in [0.2, 0.25) is 0 Å². The molecule has 0 spiro atoms. The number of aliphatic hydroxyl groups excluding tert-OH is 1. The number of pyridine rings is 1. The zero-order valence-electron chi connectivity index (χ0n) is 12.6. The Morgan fingerprint density at radius 3 is 2.76 bits per heavy atom. The highest BCUT2D eigenvalue weighted by atomic mass is 16.5. The normalized spacial score (nSPS) is 18.8. The molecule has 0 saturated carbocycles. The SMILES string of the molecule is CC(C)(C(O)c1cccc2cnccc12)N1CCOCC1. The number of nitrogens with zero attached hydrogens (tertiary/aromatic N) is 2. The van der Waals surface area contributed by atoms with Gasteiger partial charge in [0.15, 0.2) is 0 Å². The summed E-state index contributed by atoms with van der Waals surface area (Å²) >= 11 is 0. The van der Waals surface area contributed by atoms with Crippen molar-refractivity contribution in [3.8, 4) is 0 Å². The molecule has 0 radical (unpaired) electrons. The first-order valence-corrected chi connectivity index (χ1v) is 7.44. The average Bonchev–Trinajstić information content (AvgIpc) is 2.54. The quantitative estimate of drug-likeness (QED) is 0.941. The number of ether oxygens (including phenoxy) is 1. The van der Waals surface area contributed by atoms with Crippen molar-refractivity contribution in [3.05, 3.63) is 42.2 Å². The van der Waals surface area contributed by atoms with Gasteiger partial charge < -0.3 is 9.84 Å². The molecule has 112 valence electrons. The average molecular weight is 286 g/mol. The maximum atomic E-state index is 11.0. The Hall–Kier alpha value is -1.49. The minimum atomic E-state index is -0.554. The fourth-order valence-corrected chi connectivity index (χ4v) is 3.08. The smallest absolute Gasteiger partial charge is 0.0974 e. The summed E-state index contributed by atoms with van der Waals surface area (Å²) in [5.74, 6) is 0. The standard InChI is InChI=1S/C17H22N2O2/c1-17(2,19-8-10-21-11-9-19)16(20)15-5-3-4-13-12-18-7-6-14(13)15/h3-7,12,16,20H,8-11H2,1-2H3. The summed E-state index contributed by atoms with van der Waals surface area (Å²) < 4.78 is 5.42. The van der Waals surface area contributed by atoms with E-state index in [2.05, 4.69) is 23.7 Å². The highest BCUT2D eigenvalue weighted by Crippen LogP contribution is 2.34. The Morgan fingerprint density at radius 1 is 1.24 bits per heavy atom. The van der Waals surface area contributed by atoms with Gasteiger partial charge in [0, 0.05) is 36.4 Å². The van der Waals surface area contributed by atoms with Gasteiger partial charge in [0.1, 0.15) is 0 Å². The van der Waals surface area contributed by atoms with Crippen molar-refractivity contribution in [2.45, 2.75) is 25.5 Å². The largest absolute Gasteiger partial charge is 0.386 e. The molecular formula is C17H22N2O2. The summed E-state index contributed by atoms with van der Waals surface area (Å²) in [5.41, 5.74) is 0.632. The first-order chi connectivity index (χ1) is 10.1. The van der Waals surface area contributed by atoms with Gasteiger partial charge in [-0.05, 0) is 30.9 Å². The fourth-order valence-electron chi connectivity index (χ4n) is 3.08. The molecule has 0 amide bonds. The molecule has 1 aromatic heterocycles. The molecule has 4 heteroatoms. The highest BCUT2D eigenvalue weighted by Gasteiger charge is 2.36. The Labute approximate surface area is 125 Å². The van der Waals surface area contributed by atoms with Crippen LogP contribution < -0.4 is 0 Å². The molecule has 1 N–H and O–H groups in total. The van der Waals surface area contributed by atoms with Gasteiger partial charge in [0.05, 0.1) is 19.3 Å². The lowest BCUT2D eigenvalue weighted by molar-refractivity contribution is -0.0626. The van der Waals surface area contributed by atoms with E-state index in [-0.39, 0.29) is 5.54 Å². The molecule has 4 nitrogen and oxygen atoms in total. The highest BCUT2D eigenvalue weighted by molar-refractivity contribution is 5.85. The van der Waals surface area contributed by atoms with Gasteiger partial charge >= 0.3 is 0 Å². The molecule has 3 rings (SSSR count). The van der Waals surface area contributed by atoms with Gasteiger partial charge in [-0.3, -0.25) is 9.88 Å². The van der Waals surface area contributed by atoms with Crippen LogP contribution in [-0.2, 0) is 4.74 Å². The zero-order valence-corrected chi connectivity index (χ0v) is 12.6. The van der Waals surface area contributed by atoms with Crippen LogP contribution in [0.4, 0.5) is 0 Å². The predicted octanol–water partition coefficient (Wildman–Crippen LogP) is 2.38. The number of fused-ring (bicyclic) bond motifs is 1. The molecule has 1 aliphatic heterocycles. The summed E-state index contributed by atoms with van der Waals surface area (Å²) in [6, 6.07) is 8.00. The van der Waals surface area contributed by atoms with Gasteiger partial charge in [-0.15, -0.1) is 0 Å². The molecule has 0 bridgehead atoms. The van der Waals surface area contributed by atoms with Crippen LogP contribution in [-0.4, -0.2) is 46.8 Å². The molecule has 1 aromatic carbocycles. The van der Waals surface area contributed by atoms with Crippen molar-refractivity contribution in [1.29, 1.82) is 0 Å². The molecule has 1 aliphatic rings. The maximum absolute atomic E-state index is 11.0. The Balaban J connectivity index is 1.97. The molecule has 1 unspecified atom stereocenters. The van der Waals surface area contributed by atoms with Crippen LogP contribution in [0.15, 0.2) is 36.7 Å². The molecule has 21 heavy (non-hydrogen) atoms. The lowest BCUT2D eigenvalue weighted by Crippen LogP contribution is -2.53. The second kappa shape index (κ2) is 5.72. The van der Waals surface area contributed by atoms with Crippen molar-refractivity contribution in [3.63, 3.8) is 0 Å². The van der Waals surface area contributed by atoms with Crippen LogP contribution in [0.5, 0.6) is 0 Å². The van der Waals surface area contributed by atoms with Crippen LogP contribution >= 0.6 is 0 Å². The van der Waals surface area contributed by atoms with E-state index in [9.17, 15) is 5.11 Å². The summed E-state index contributed by atoms with van der Waals surface area (Å²) in [6.07, 6.45) is 3.06. The minimum absolute atomic E-state index is 0.332. The summed E-state index contributed by atoms with van der Waals surface area (Å²) in [4.78, 5) is 6.46. The number of aliphatic hydroxyl groups is 1. The van der Waals surface area contributed by atoms with Crippen LogP contribution in [0, 0.1) is 0 Å². The third kappa shape index (κ3) is 2.67. The van der Waals surface area contributed by atoms with E-state index in [1.807, 2.05) is 30.5 Å². The van der Waals surface area contributed by atoms with Gasteiger partial charge in [-0.25, -0.2) is 0 Å². The number of hydrogen-bond donors (Lipinski definition) is 1. The number of hydrogen-bond acceptors (Lipinski definition) is 4. The minimum Gasteiger partial charge on any atom is -0.386 e. The monoisotopic (exact) mass is 286 g/mol. The van der Waals surface area contributed by atoms with Crippen molar-refractivity contribution < 1.29 is 9.84 Å². The van der Waals surface area contributed by atoms with E-state index in [4.69, 9.17) is 4.74 Å². The number of aromatic nitrogens is 1. The molecule has 2 aromatic rings. The van der Waals surface area contributed by atoms with E-state index in [0.29, 0.717) is 0 Å². The summed E-state index contributed by atoms with van der Waals surface area (Å²) in [7, 11) is 0. The van der Waals surface area contributed by atoms with Crippen molar-refractivity contribution in [2.75, 3.05) is 26.3 Å². The van der Waals surface area contributed by atoms with Gasteiger partial charge in [-0.2, -0.15) is 0 Å².